The molecule has 0 aromatic heterocycles. The molecule has 0 aliphatic rings. The average Bonchev–Trinajstić information content (AvgIpc) is 2.42. The predicted octanol–water partition coefficient (Wildman–Crippen LogP) is 2.75. The summed E-state index contributed by atoms with van der Waals surface area (Å²) >= 11 is 0. The lowest BCUT2D eigenvalue weighted by atomic mass is 10.2. The molecule has 0 spiro atoms. The van der Waals surface area contributed by atoms with Gasteiger partial charge < -0.3 is 15.0 Å². The van der Waals surface area contributed by atoms with E-state index in [1.165, 1.54) is 19.2 Å². The summed E-state index contributed by atoms with van der Waals surface area (Å²) < 4.78 is 5.07. The lowest BCUT2D eigenvalue weighted by Gasteiger charge is -2.20. The van der Waals surface area contributed by atoms with Gasteiger partial charge in [0.05, 0.1) is 18.1 Å². The molecule has 0 aliphatic heterocycles. The zero-order valence-electron chi connectivity index (χ0n) is 12.5. The molecule has 0 radical (unpaired) electrons. The second kappa shape index (κ2) is 7.69. The van der Waals surface area contributed by atoms with E-state index in [9.17, 15) is 10.1 Å². The van der Waals surface area contributed by atoms with Crippen LogP contribution in [0.2, 0.25) is 0 Å². The fourth-order valence-corrected chi connectivity index (χ4v) is 1.73. The Morgan fingerprint density at radius 2 is 2.10 bits per heavy atom. The fraction of sp³-hybridized carbons (Fsp3) is 0.571. The summed E-state index contributed by atoms with van der Waals surface area (Å²) in [7, 11) is 3.58. The zero-order chi connectivity index (χ0) is 15.1. The molecule has 0 unspecified atom stereocenters. The number of benzene rings is 1. The van der Waals surface area contributed by atoms with Crippen LogP contribution in [0.25, 0.3) is 0 Å². The van der Waals surface area contributed by atoms with Crippen LogP contribution in [-0.2, 0) is 0 Å². The summed E-state index contributed by atoms with van der Waals surface area (Å²) in [5.74, 6) is 0.487. The maximum atomic E-state index is 10.8. The van der Waals surface area contributed by atoms with Gasteiger partial charge in [0, 0.05) is 30.4 Å². The van der Waals surface area contributed by atoms with Gasteiger partial charge in [-0.2, -0.15) is 0 Å². The molecule has 0 bridgehead atoms. The van der Waals surface area contributed by atoms with Gasteiger partial charge in [-0.1, -0.05) is 0 Å². The Balaban J connectivity index is 2.55. The summed E-state index contributed by atoms with van der Waals surface area (Å²) in [6.45, 7) is 6.05. The summed E-state index contributed by atoms with van der Waals surface area (Å²) in [5, 5.41) is 14.0. The second-order valence-corrected chi connectivity index (χ2v) is 5.03. The number of hydrogen-bond donors (Lipinski definition) is 1. The van der Waals surface area contributed by atoms with Gasteiger partial charge in [0.1, 0.15) is 5.75 Å². The van der Waals surface area contributed by atoms with E-state index in [1.54, 1.807) is 6.07 Å². The van der Waals surface area contributed by atoms with Gasteiger partial charge in [-0.25, -0.2) is 0 Å². The third kappa shape index (κ3) is 5.05. The summed E-state index contributed by atoms with van der Waals surface area (Å²) in [5.41, 5.74) is 0.745. The highest BCUT2D eigenvalue weighted by Gasteiger charge is 2.10. The van der Waals surface area contributed by atoms with Crippen LogP contribution in [0, 0.1) is 10.1 Å². The van der Waals surface area contributed by atoms with Crippen LogP contribution in [0.15, 0.2) is 18.2 Å². The Morgan fingerprint density at radius 3 is 2.65 bits per heavy atom. The quantitative estimate of drug-likeness (QED) is 0.451. The predicted molar refractivity (Wildman–Crippen MR) is 80.5 cm³/mol. The molecule has 112 valence electrons. The van der Waals surface area contributed by atoms with Gasteiger partial charge in [0.2, 0.25) is 0 Å². The van der Waals surface area contributed by atoms with Crippen molar-refractivity contribution in [1.82, 2.24) is 4.90 Å². The van der Waals surface area contributed by atoms with Crippen molar-refractivity contribution in [2.24, 2.45) is 0 Å². The van der Waals surface area contributed by atoms with E-state index in [2.05, 4.69) is 31.1 Å². The molecule has 0 atom stereocenters. The van der Waals surface area contributed by atoms with E-state index in [0.29, 0.717) is 17.5 Å². The Bertz CT molecular complexity index is 449. The molecule has 6 heteroatoms. The van der Waals surface area contributed by atoms with E-state index < -0.39 is 4.92 Å². The van der Waals surface area contributed by atoms with E-state index in [0.717, 1.165) is 19.5 Å². The number of anilines is 1. The van der Waals surface area contributed by atoms with Crippen LogP contribution >= 0.6 is 0 Å². The van der Waals surface area contributed by atoms with Crippen LogP contribution in [-0.4, -0.2) is 43.1 Å². The highest BCUT2D eigenvalue weighted by atomic mass is 16.6. The summed E-state index contributed by atoms with van der Waals surface area (Å²) in [4.78, 5) is 12.7. The monoisotopic (exact) mass is 281 g/mol. The number of non-ortho nitro benzene ring substituents is 1. The zero-order valence-corrected chi connectivity index (χ0v) is 12.5. The van der Waals surface area contributed by atoms with Crippen molar-refractivity contribution >= 4 is 11.4 Å². The molecule has 0 saturated carbocycles. The minimum absolute atomic E-state index is 0.0335. The van der Waals surface area contributed by atoms with E-state index in [4.69, 9.17) is 4.74 Å². The first-order chi connectivity index (χ1) is 9.43. The number of ether oxygens (including phenoxy) is 1. The molecule has 1 N–H and O–H groups in total. The normalized spacial score (nSPS) is 10.9. The number of nitrogens with one attached hydrogen (secondary N) is 1. The molecule has 0 heterocycles. The molecule has 1 aromatic carbocycles. The Kier molecular flexibility index (Phi) is 6.24. The first kappa shape index (κ1) is 16.2. The van der Waals surface area contributed by atoms with E-state index >= 15 is 0 Å². The molecule has 0 amide bonds. The molecule has 1 aromatic rings. The third-order valence-electron chi connectivity index (χ3n) is 3.24. The lowest BCUT2D eigenvalue weighted by molar-refractivity contribution is -0.384. The molecule has 0 aliphatic carbocycles. The first-order valence-electron chi connectivity index (χ1n) is 6.71. The van der Waals surface area contributed by atoms with Crippen molar-refractivity contribution < 1.29 is 9.66 Å². The number of nitro benzene ring substituents is 1. The molecule has 1 rings (SSSR count). The van der Waals surface area contributed by atoms with Crippen LogP contribution in [0.1, 0.15) is 20.3 Å². The van der Waals surface area contributed by atoms with Gasteiger partial charge in [-0.3, -0.25) is 10.1 Å². The fourth-order valence-electron chi connectivity index (χ4n) is 1.73. The lowest BCUT2D eigenvalue weighted by Crippen LogP contribution is -2.28. The standard InChI is InChI=1S/C14H23N3O3/c1-11(2)16(3)7-5-6-15-12-8-13(17(18)19)10-14(9-12)20-4/h8-11,15H,5-7H2,1-4H3. The molecule has 0 fully saturated rings. The Hall–Kier alpha value is -1.82. The molecular weight excluding hydrogens is 258 g/mol. The SMILES string of the molecule is COc1cc(NCCCN(C)C(C)C)cc([N+](=O)[O-])c1. The van der Waals surface area contributed by atoms with E-state index in [-0.39, 0.29) is 5.69 Å². The van der Waals surface area contributed by atoms with E-state index in [1.807, 2.05) is 0 Å². The van der Waals surface area contributed by atoms with Gasteiger partial charge in [0.15, 0.2) is 0 Å². The van der Waals surface area contributed by atoms with Gasteiger partial charge in [-0.05, 0) is 33.9 Å². The van der Waals surface area contributed by atoms with Gasteiger partial charge in [0.25, 0.3) is 5.69 Å². The highest BCUT2D eigenvalue weighted by molar-refractivity contribution is 5.56. The minimum atomic E-state index is -0.416. The van der Waals surface area contributed by atoms with Gasteiger partial charge in [-0.15, -0.1) is 0 Å². The highest BCUT2D eigenvalue weighted by Crippen LogP contribution is 2.25. The van der Waals surface area contributed by atoms with Gasteiger partial charge >= 0.3 is 0 Å². The minimum Gasteiger partial charge on any atom is -0.496 e. The number of methoxy groups -OCH3 is 1. The smallest absolute Gasteiger partial charge is 0.275 e. The summed E-state index contributed by atoms with van der Waals surface area (Å²) in [6, 6.07) is 5.22. The van der Waals surface area contributed by atoms with Crippen molar-refractivity contribution in [3.8, 4) is 5.75 Å². The maximum absolute atomic E-state index is 10.8. The topological polar surface area (TPSA) is 67.6 Å². The van der Waals surface area contributed by atoms with Crippen molar-refractivity contribution in [2.75, 3.05) is 32.6 Å². The Labute approximate surface area is 119 Å². The van der Waals surface area contributed by atoms with Crippen LogP contribution in [0.4, 0.5) is 11.4 Å². The molecule has 0 saturated heterocycles. The van der Waals surface area contributed by atoms with Crippen molar-refractivity contribution in [1.29, 1.82) is 0 Å². The van der Waals surface area contributed by atoms with Crippen LogP contribution < -0.4 is 10.1 Å². The van der Waals surface area contributed by atoms with Crippen LogP contribution in [0.5, 0.6) is 5.75 Å². The maximum Gasteiger partial charge on any atom is 0.275 e. The number of nitrogens with zero attached hydrogens (tertiary/aromatic N) is 2. The first-order valence-corrected chi connectivity index (χ1v) is 6.71. The number of hydrogen-bond acceptors (Lipinski definition) is 5. The molecule has 6 nitrogen and oxygen atoms in total. The van der Waals surface area contributed by atoms with Crippen molar-refractivity contribution in [3.63, 3.8) is 0 Å². The van der Waals surface area contributed by atoms with Crippen molar-refractivity contribution in [2.45, 2.75) is 26.3 Å². The third-order valence-corrected chi connectivity index (χ3v) is 3.24. The molecular formula is C14H23N3O3. The van der Waals surface area contributed by atoms with Crippen LogP contribution in [0.3, 0.4) is 0 Å². The number of nitro groups is 1. The Morgan fingerprint density at radius 1 is 1.40 bits per heavy atom. The second-order valence-electron chi connectivity index (χ2n) is 5.03. The van der Waals surface area contributed by atoms with Crippen molar-refractivity contribution in [3.05, 3.63) is 28.3 Å². The molecule has 20 heavy (non-hydrogen) atoms. The largest absolute Gasteiger partial charge is 0.496 e. The number of rotatable bonds is 8. The summed E-state index contributed by atoms with van der Waals surface area (Å²) in [6.07, 6.45) is 0.972. The average molecular weight is 281 g/mol.